The largest absolute Gasteiger partial charge is 0.573 e. The van der Waals surface area contributed by atoms with Crippen molar-refractivity contribution in [2.45, 2.75) is 31.4 Å². The fourth-order valence-corrected chi connectivity index (χ4v) is 2.50. The van der Waals surface area contributed by atoms with E-state index in [0.29, 0.717) is 5.69 Å². The Balaban J connectivity index is 1.97. The lowest BCUT2D eigenvalue weighted by atomic mass is 10.3. The fourth-order valence-electron chi connectivity index (χ4n) is 1.81. The van der Waals surface area contributed by atoms with Crippen LogP contribution in [0.5, 0.6) is 5.75 Å². The number of ether oxygens (including phenoxy) is 1. The van der Waals surface area contributed by atoms with Gasteiger partial charge in [-0.3, -0.25) is 10.1 Å². The molecule has 0 saturated carbocycles. The molecule has 0 aliphatic heterocycles. The predicted molar refractivity (Wildman–Crippen MR) is 88.4 cm³/mol. The van der Waals surface area contributed by atoms with Crippen LogP contribution in [-0.4, -0.2) is 50.3 Å². The number of rotatable bonds is 6. The van der Waals surface area contributed by atoms with Crippen molar-refractivity contribution >= 4 is 23.7 Å². The number of thioether (sulfide) groups is 1. The van der Waals surface area contributed by atoms with Crippen LogP contribution < -0.4 is 15.4 Å². The van der Waals surface area contributed by atoms with E-state index in [2.05, 4.69) is 30.9 Å². The van der Waals surface area contributed by atoms with Gasteiger partial charge in [0, 0.05) is 6.04 Å². The Kier molecular flexibility index (Phi) is 6.60. The second-order valence-electron chi connectivity index (χ2n) is 5.38. The standard InChI is InChI=1S/C14H15F3N6O3S/c1-8(2)18-12(25)19-11(24)7-27-13-20-21-22-23(13)9-3-5-10(6-4-9)26-14(15,16)17/h3-6,8H,7H2,1-2H3,(H2,18,19,24,25). The van der Waals surface area contributed by atoms with Crippen molar-refractivity contribution in [3.63, 3.8) is 0 Å². The molecule has 27 heavy (non-hydrogen) atoms. The van der Waals surface area contributed by atoms with Crippen molar-refractivity contribution in [2.24, 2.45) is 0 Å². The number of nitrogens with zero attached hydrogens (tertiary/aromatic N) is 4. The molecule has 1 aromatic heterocycles. The van der Waals surface area contributed by atoms with Crippen LogP contribution in [0, 0.1) is 0 Å². The van der Waals surface area contributed by atoms with E-state index < -0.39 is 18.3 Å². The Labute approximate surface area is 155 Å². The van der Waals surface area contributed by atoms with E-state index in [4.69, 9.17) is 0 Å². The van der Waals surface area contributed by atoms with Crippen LogP contribution in [0.15, 0.2) is 29.4 Å². The molecule has 0 saturated heterocycles. The number of amides is 3. The SMILES string of the molecule is CC(C)NC(=O)NC(=O)CSc1nnnn1-c1ccc(OC(F)(F)F)cc1. The maximum atomic E-state index is 12.2. The van der Waals surface area contributed by atoms with Crippen LogP contribution >= 0.6 is 11.8 Å². The van der Waals surface area contributed by atoms with Gasteiger partial charge in [-0.2, -0.15) is 4.68 Å². The molecule has 0 atom stereocenters. The molecule has 13 heteroatoms. The third-order valence-corrected chi connectivity index (χ3v) is 3.68. The zero-order valence-electron chi connectivity index (χ0n) is 14.1. The number of alkyl halides is 3. The molecule has 1 aromatic carbocycles. The summed E-state index contributed by atoms with van der Waals surface area (Å²) in [5.41, 5.74) is 0.370. The van der Waals surface area contributed by atoms with Crippen molar-refractivity contribution in [2.75, 3.05) is 5.75 Å². The van der Waals surface area contributed by atoms with Gasteiger partial charge in [0.15, 0.2) is 0 Å². The molecule has 2 rings (SSSR count). The number of hydrogen-bond acceptors (Lipinski definition) is 7. The Morgan fingerprint density at radius 3 is 2.52 bits per heavy atom. The number of nitrogens with one attached hydrogen (secondary N) is 2. The van der Waals surface area contributed by atoms with Gasteiger partial charge in [0.1, 0.15) is 5.75 Å². The van der Waals surface area contributed by atoms with E-state index in [9.17, 15) is 22.8 Å². The van der Waals surface area contributed by atoms with E-state index in [1.54, 1.807) is 13.8 Å². The summed E-state index contributed by atoms with van der Waals surface area (Å²) < 4.78 is 41.6. The lowest BCUT2D eigenvalue weighted by molar-refractivity contribution is -0.274. The minimum Gasteiger partial charge on any atom is -0.406 e. The fraction of sp³-hybridized carbons (Fsp3) is 0.357. The van der Waals surface area contributed by atoms with Gasteiger partial charge in [-0.05, 0) is 48.5 Å². The average Bonchev–Trinajstić information content (AvgIpc) is 2.99. The number of urea groups is 1. The second kappa shape index (κ2) is 8.70. The normalized spacial score (nSPS) is 11.3. The summed E-state index contributed by atoms with van der Waals surface area (Å²) in [5.74, 6) is -1.08. The molecule has 2 N–H and O–H groups in total. The summed E-state index contributed by atoms with van der Waals surface area (Å²) in [5, 5.41) is 15.8. The number of carbonyl (C=O) groups is 2. The number of benzene rings is 1. The van der Waals surface area contributed by atoms with Crippen LogP contribution in [-0.2, 0) is 4.79 Å². The lowest BCUT2D eigenvalue weighted by Crippen LogP contribution is -2.43. The first-order chi connectivity index (χ1) is 12.6. The highest BCUT2D eigenvalue weighted by Crippen LogP contribution is 2.24. The molecule has 1 heterocycles. The van der Waals surface area contributed by atoms with Gasteiger partial charge in [0.2, 0.25) is 11.1 Å². The molecule has 9 nitrogen and oxygen atoms in total. The van der Waals surface area contributed by atoms with Crippen molar-refractivity contribution in [3.05, 3.63) is 24.3 Å². The minimum absolute atomic E-state index is 0.123. The highest BCUT2D eigenvalue weighted by Gasteiger charge is 2.31. The van der Waals surface area contributed by atoms with E-state index in [-0.39, 0.29) is 22.7 Å². The summed E-state index contributed by atoms with van der Waals surface area (Å²) in [4.78, 5) is 23.2. The first-order valence-electron chi connectivity index (χ1n) is 7.52. The van der Waals surface area contributed by atoms with E-state index in [1.165, 1.54) is 16.8 Å². The predicted octanol–water partition coefficient (Wildman–Crippen LogP) is 1.89. The van der Waals surface area contributed by atoms with Gasteiger partial charge in [0.05, 0.1) is 11.4 Å². The molecule has 0 spiro atoms. The quantitative estimate of drug-likeness (QED) is 0.707. The lowest BCUT2D eigenvalue weighted by Gasteiger charge is -2.10. The number of halogens is 3. The highest BCUT2D eigenvalue weighted by molar-refractivity contribution is 7.99. The molecule has 0 unspecified atom stereocenters. The Morgan fingerprint density at radius 1 is 1.26 bits per heavy atom. The van der Waals surface area contributed by atoms with Crippen LogP contribution in [0.1, 0.15) is 13.8 Å². The third kappa shape index (κ3) is 6.77. The summed E-state index contributed by atoms with van der Waals surface area (Å²) in [6.45, 7) is 3.50. The van der Waals surface area contributed by atoms with Gasteiger partial charge >= 0.3 is 12.4 Å². The molecule has 0 radical (unpaired) electrons. The monoisotopic (exact) mass is 404 g/mol. The van der Waals surface area contributed by atoms with Gasteiger partial charge in [-0.15, -0.1) is 18.3 Å². The molecule has 2 aromatic rings. The summed E-state index contributed by atoms with van der Waals surface area (Å²) in [6, 6.07) is 4.15. The van der Waals surface area contributed by atoms with Crippen LogP contribution in [0.3, 0.4) is 0 Å². The average molecular weight is 404 g/mol. The minimum atomic E-state index is -4.79. The molecule has 0 aliphatic rings. The zero-order valence-corrected chi connectivity index (χ0v) is 15.0. The Bertz CT molecular complexity index is 794. The number of aromatic nitrogens is 4. The van der Waals surface area contributed by atoms with Crippen LogP contribution in [0.4, 0.5) is 18.0 Å². The summed E-state index contributed by atoms with van der Waals surface area (Å²) in [7, 11) is 0. The molecular formula is C14H15F3N6O3S. The molecule has 3 amide bonds. The first kappa shape index (κ1) is 20.5. The van der Waals surface area contributed by atoms with Gasteiger partial charge < -0.3 is 10.1 Å². The topological polar surface area (TPSA) is 111 Å². The highest BCUT2D eigenvalue weighted by atomic mass is 32.2. The molecule has 0 aliphatic carbocycles. The van der Waals surface area contributed by atoms with Crippen molar-refractivity contribution in [3.8, 4) is 11.4 Å². The van der Waals surface area contributed by atoms with Gasteiger partial charge in [0.25, 0.3) is 0 Å². The molecule has 0 fully saturated rings. The van der Waals surface area contributed by atoms with Gasteiger partial charge in [-0.1, -0.05) is 11.8 Å². The first-order valence-corrected chi connectivity index (χ1v) is 8.50. The molecule has 0 bridgehead atoms. The van der Waals surface area contributed by atoms with Crippen LogP contribution in [0.2, 0.25) is 0 Å². The number of tetrazole rings is 1. The van der Waals surface area contributed by atoms with E-state index in [0.717, 1.165) is 23.9 Å². The Hall–Kier alpha value is -2.83. The Morgan fingerprint density at radius 2 is 1.93 bits per heavy atom. The maximum absolute atomic E-state index is 12.2. The summed E-state index contributed by atoms with van der Waals surface area (Å²) >= 11 is 0.955. The second-order valence-corrected chi connectivity index (χ2v) is 6.32. The molecular weight excluding hydrogens is 389 g/mol. The number of hydrogen-bond donors (Lipinski definition) is 2. The van der Waals surface area contributed by atoms with Crippen molar-refractivity contribution in [1.82, 2.24) is 30.8 Å². The zero-order chi connectivity index (χ0) is 20.0. The van der Waals surface area contributed by atoms with Gasteiger partial charge in [-0.25, -0.2) is 4.79 Å². The number of carbonyl (C=O) groups excluding carboxylic acids is 2. The number of imide groups is 1. The van der Waals surface area contributed by atoms with Crippen molar-refractivity contribution < 1.29 is 27.5 Å². The van der Waals surface area contributed by atoms with E-state index >= 15 is 0 Å². The smallest absolute Gasteiger partial charge is 0.406 e. The summed E-state index contributed by atoms with van der Waals surface area (Å²) in [6.07, 6.45) is -4.79. The maximum Gasteiger partial charge on any atom is 0.573 e. The van der Waals surface area contributed by atoms with E-state index in [1.807, 2.05) is 0 Å². The van der Waals surface area contributed by atoms with Crippen molar-refractivity contribution in [1.29, 1.82) is 0 Å². The van der Waals surface area contributed by atoms with Crippen LogP contribution in [0.25, 0.3) is 5.69 Å². The molecule has 146 valence electrons. The third-order valence-electron chi connectivity index (χ3n) is 2.76.